The molecule has 1 N–H and O–H groups in total. The lowest BCUT2D eigenvalue weighted by Crippen LogP contribution is -2.46. The lowest BCUT2D eigenvalue weighted by atomic mass is 10.2. The quantitative estimate of drug-likeness (QED) is 0.816. The van der Waals surface area contributed by atoms with E-state index >= 15 is 0 Å². The number of aliphatic carboxylic acids is 1. The van der Waals surface area contributed by atoms with E-state index in [9.17, 15) is 4.79 Å². The third-order valence-corrected chi connectivity index (χ3v) is 2.72. The van der Waals surface area contributed by atoms with Gasteiger partial charge in [0.1, 0.15) is 0 Å². The number of anilines is 1. The molecule has 1 aromatic rings. The molecule has 2 rings (SSSR count). The molecule has 1 saturated heterocycles. The number of aryl methyl sites for hydroxylation is 1. The van der Waals surface area contributed by atoms with Gasteiger partial charge in [-0.15, -0.1) is 0 Å². The Morgan fingerprint density at radius 1 is 1.59 bits per heavy atom. The molecule has 6 nitrogen and oxygen atoms in total. The van der Waals surface area contributed by atoms with Crippen LogP contribution in [0.2, 0.25) is 0 Å². The zero-order valence-electron chi connectivity index (χ0n) is 9.67. The van der Waals surface area contributed by atoms with Gasteiger partial charge in [-0.3, -0.25) is 0 Å². The van der Waals surface area contributed by atoms with Gasteiger partial charge in [0.25, 0.3) is 0 Å². The molecule has 0 aliphatic carbocycles. The van der Waals surface area contributed by atoms with Crippen molar-refractivity contribution in [2.45, 2.75) is 19.4 Å². The van der Waals surface area contributed by atoms with E-state index in [2.05, 4.69) is 9.97 Å². The molecular formula is C11H15N3O3. The number of carboxylic acid groups (broad SMARTS) is 1. The Kier molecular flexibility index (Phi) is 3.53. The van der Waals surface area contributed by atoms with Crippen LogP contribution in [0.5, 0.6) is 0 Å². The third kappa shape index (κ3) is 2.71. The van der Waals surface area contributed by atoms with Gasteiger partial charge in [-0.05, 0) is 12.0 Å². The Morgan fingerprint density at radius 2 is 2.29 bits per heavy atom. The van der Waals surface area contributed by atoms with E-state index in [-0.39, 0.29) is 0 Å². The summed E-state index contributed by atoms with van der Waals surface area (Å²) in [7, 11) is 0. The molecule has 0 radical (unpaired) electrons. The normalized spacial score (nSPS) is 20.3. The predicted molar refractivity (Wildman–Crippen MR) is 61.0 cm³/mol. The number of rotatable bonds is 3. The molecule has 0 bridgehead atoms. The Bertz CT molecular complexity index is 393. The van der Waals surface area contributed by atoms with E-state index in [1.54, 1.807) is 12.4 Å². The van der Waals surface area contributed by atoms with Gasteiger partial charge in [-0.25, -0.2) is 14.8 Å². The fraction of sp³-hybridized carbons (Fsp3) is 0.545. The smallest absolute Gasteiger partial charge is 0.334 e. The summed E-state index contributed by atoms with van der Waals surface area (Å²) in [4.78, 5) is 21.1. The highest BCUT2D eigenvalue weighted by Gasteiger charge is 2.27. The second-order valence-corrected chi connectivity index (χ2v) is 3.89. The van der Waals surface area contributed by atoms with Crippen LogP contribution in [0, 0.1) is 0 Å². The van der Waals surface area contributed by atoms with Crippen molar-refractivity contribution in [3.8, 4) is 0 Å². The number of hydrogen-bond acceptors (Lipinski definition) is 5. The first kappa shape index (κ1) is 11.8. The lowest BCUT2D eigenvalue weighted by molar-refractivity contribution is -0.150. The van der Waals surface area contributed by atoms with Crippen molar-refractivity contribution in [2.75, 3.05) is 24.6 Å². The van der Waals surface area contributed by atoms with E-state index in [1.807, 2.05) is 11.8 Å². The number of hydrogen-bond donors (Lipinski definition) is 1. The number of aromatic nitrogens is 2. The van der Waals surface area contributed by atoms with E-state index in [0.717, 1.165) is 12.0 Å². The largest absolute Gasteiger partial charge is 0.479 e. The van der Waals surface area contributed by atoms with Gasteiger partial charge in [-0.2, -0.15) is 0 Å². The highest BCUT2D eigenvalue weighted by Crippen LogP contribution is 2.13. The molecule has 1 atom stereocenters. The maximum absolute atomic E-state index is 10.8. The predicted octanol–water partition coefficient (Wildman–Crippen LogP) is 0.329. The number of carbonyl (C=O) groups is 1. The first-order chi connectivity index (χ1) is 8.20. The summed E-state index contributed by atoms with van der Waals surface area (Å²) in [6.45, 7) is 3.33. The minimum atomic E-state index is -0.945. The van der Waals surface area contributed by atoms with Crippen molar-refractivity contribution >= 4 is 11.9 Å². The summed E-state index contributed by atoms with van der Waals surface area (Å²) in [6.07, 6.45) is 3.64. The number of nitrogens with zero attached hydrogens (tertiary/aromatic N) is 3. The molecular weight excluding hydrogens is 222 g/mol. The van der Waals surface area contributed by atoms with Crippen LogP contribution >= 0.6 is 0 Å². The molecule has 1 aromatic heterocycles. The zero-order chi connectivity index (χ0) is 12.3. The van der Waals surface area contributed by atoms with Crippen molar-refractivity contribution in [3.05, 3.63) is 18.0 Å². The first-order valence-electron chi connectivity index (χ1n) is 5.61. The van der Waals surface area contributed by atoms with E-state index in [1.165, 1.54) is 0 Å². The van der Waals surface area contributed by atoms with E-state index in [0.29, 0.717) is 25.6 Å². The maximum atomic E-state index is 10.8. The Labute approximate surface area is 99.2 Å². The molecule has 1 aliphatic rings. The second kappa shape index (κ2) is 5.09. The van der Waals surface area contributed by atoms with Gasteiger partial charge in [0.2, 0.25) is 5.95 Å². The molecule has 0 saturated carbocycles. The van der Waals surface area contributed by atoms with Gasteiger partial charge in [0, 0.05) is 18.9 Å². The van der Waals surface area contributed by atoms with Crippen molar-refractivity contribution in [1.82, 2.24) is 9.97 Å². The maximum Gasteiger partial charge on any atom is 0.334 e. The molecule has 2 heterocycles. The fourth-order valence-electron chi connectivity index (χ4n) is 1.67. The van der Waals surface area contributed by atoms with Crippen LogP contribution in [0.25, 0.3) is 0 Å². The molecule has 17 heavy (non-hydrogen) atoms. The van der Waals surface area contributed by atoms with Gasteiger partial charge in [0.05, 0.1) is 13.2 Å². The molecule has 0 spiro atoms. The summed E-state index contributed by atoms with van der Waals surface area (Å²) < 4.78 is 5.14. The lowest BCUT2D eigenvalue weighted by Gasteiger charge is -2.30. The Hall–Kier alpha value is -1.69. The average molecular weight is 237 g/mol. The molecule has 6 heteroatoms. The molecule has 0 aromatic carbocycles. The van der Waals surface area contributed by atoms with Gasteiger partial charge >= 0.3 is 5.97 Å². The summed E-state index contributed by atoms with van der Waals surface area (Å²) in [5.74, 6) is -0.378. The van der Waals surface area contributed by atoms with Crippen LogP contribution in [-0.4, -0.2) is 46.8 Å². The number of morpholine rings is 1. The third-order valence-electron chi connectivity index (χ3n) is 2.72. The molecule has 0 amide bonds. The van der Waals surface area contributed by atoms with Crippen LogP contribution in [0.15, 0.2) is 12.4 Å². The summed E-state index contributed by atoms with van der Waals surface area (Å²) in [6, 6.07) is 0. The zero-order valence-corrected chi connectivity index (χ0v) is 9.67. The fourth-order valence-corrected chi connectivity index (χ4v) is 1.67. The van der Waals surface area contributed by atoms with Crippen LogP contribution in [0.4, 0.5) is 5.95 Å². The number of carboxylic acids is 1. The standard InChI is InChI=1S/C11H15N3O3/c1-2-8-5-12-11(13-6-8)14-3-4-17-9(7-14)10(15)16/h5-6,9H,2-4,7H2,1H3,(H,15,16). The van der Waals surface area contributed by atoms with Crippen molar-refractivity contribution in [3.63, 3.8) is 0 Å². The highest BCUT2D eigenvalue weighted by atomic mass is 16.5. The summed E-state index contributed by atoms with van der Waals surface area (Å²) in [5, 5.41) is 8.89. The van der Waals surface area contributed by atoms with Crippen molar-refractivity contribution in [1.29, 1.82) is 0 Å². The molecule has 1 fully saturated rings. The minimum absolute atomic E-state index is 0.292. The van der Waals surface area contributed by atoms with Crippen LogP contribution in [0.3, 0.4) is 0 Å². The summed E-state index contributed by atoms with van der Waals surface area (Å²) >= 11 is 0. The van der Waals surface area contributed by atoms with Gasteiger partial charge in [-0.1, -0.05) is 6.92 Å². The molecule has 92 valence electrons. The first-order valence-corrected chi connectivity index (χ1v) is 5.61. The Morgan fingerprint density at radius 3 is 2.88 bits per heavy atom. The van der Waals surface area contributed by atoms with Crippen molar-refractivity contribution in [2.24, 2.45) is 0 Å². The second-order valence-electron chi connectivity index (χ2n) is 3.89. The SMILES string of the molecule is CCc1cnc(N2CCOC(C(=O)O)C2)nc1. The Balaban J connectivity index is 2.08. The molecule has 1 aliphatic heterocycles. The summed E-state index contributed by atoms with van der Waals surface area (Å²) in [5.41, 5.74) is 1.07. The van der Waals surface area contributed by atoms with Crippen LogP contribution in [0.1, 0.15) is 12.5 Å². The van der Waals surface area contributed by atoms with Crippen molar-refractivity contribution < 1.29 is 14.6 Å². The van der Waals surface area contributed by atoms with Crippen LogP contribution in [-0.2, 0) is 16.0 Å². The average Bonchev–Trinajstić information content (AvgIpc) is 2.39. The van der Waals surface area contributed by atoms with E-state index < -0.39 is 12.1 Å². The highest BCUT2D eigenvalue weighted by molar-refractivity contribution is 5.73. The van der Waals surface area contributed by atoms with Crippen LogP contribution < -0.4 is 4.90 Å². The monoisotopic (exact) mass is 237 g/mol. The van der Waals surface area contributed by atoms with E-state index in [4.69, 9.17) is 9.84 Å². The van der Waals surface area contributed by atoms with Gasteiger partial charge < -0.3 is 14.7 Å². The topological polar surface area (TPSA) is 75.6 Å². The number of ether oxygens (including phenoxy) is 1. The van der Waals surface area contributed by atoms with Gasteiger partial charge in [0.15, 0.2) is 6.10 Å². The molecule has 1 unspecified atom stereocenters. The minimum Gasteiger partial charge on any atom is -0.479 e.